The van der Waals surface area contributed by atoms with E-state index in [0.29, 0.717) is 0 Å². The van der Waals surface area contributed by atoms with Gasteiger partial charge in [-0.3, -0.25) is 0 Å². The molecule has 1 unspecified atom stereocenters. The van der Waals surface area contributed by atoms with Crippen LogP contribution in [0.25, 0.3) is 0 Å². The van der Waals surface area contributed by atoms with Crippen LogP contribution in [0.5, 0.6) is 0 Å². The third-order valence-corrected chi connectivity index (χ3v) is 1.18. The quantitative estimate of drug-likeness (QED) is 0.616. The van der Waals surface area contributed by atoms with Crippen molar-refractivity contribution in [2.45, 2.75) is 32.7 Å². The van der Waals surface area contributed by atoms with Gasteiger partial charge in [0.05, 0.1) is 12.1 Å². The Morgan fingerprint density at radius 3 is 2.56 bits per heavy atom. The van der Waals surface area contributed by atoms with Gasteiger partial charge in [0, 0.05) is 0 Å². The molecule has 0 bridgehead atoms. The first-order chi connectivity index (χ1) is 4.35. The molecular weight excluding hydrogens is 112 g/mol. The summed E-state index contributed by atoms with van der Waals surface area (Å²) in [6.45, 7) is 4.99. The molecule has 2 nitrogen and oxygen atoms in total. The standard InChI is InChI=1S/C7H14N2/c1-3-5-7(6-8)9-4-2/h7,9H,3-5H2,1-2H3. The molecule has 0 fully saturated rings. The second-order valence-electron chi connectivity index (χ2n) is 2.03. The third-order valence-electron chi connectivity index (χ3n) is 1.18. The molecule has 0 aromatic rings. The van der Waals surface area contributed by atoms with Crippen molar-refractivity contribution in [2.75, 3.05) is 6.54 Å². The van der Waals surface area contributed by atoms with Crippen LogP contribution in [0.2, 0.25) is 0 Å². The monoisotopic (exact) mass is 126 g/mol. The molecule has 0 saturated carbocycles. The predicted molar refractivity (Wildman–Crippen MR) is 38.0 cm³/mol. The molecule has 9 heavy (non-hydrogen) atoms. The van der Waals surface area contributed by atoms with E-state index in [1.165, 1.54) is 0 Å². The predicted octanol–water partition coefficient (Wildman–Crippen LogP) is 1.29. The van der Waals surface area contributed by atoms with Gasteiger partial charge in [0.2, 0.25) is 0 Å². The maximum absolute atomic E-state index is 8.48. The highest BCUT2D eigenvalue weighted by molar-refractivity contribution is 4.88. The molecule has 0 aromatic carbocycles. The van der Waals surface area contributed by atoms with Crippen molar-refractivity contribution in [1.82, 2.24) is 5.32 Å². The summed E-state index contributed by atoms with van der Waals surface area (Å²) < 4.78 is 0. The van der Waals surface area contributed by atoms with Crippen LogP contribution in [0.15, 0.2) is 0 Å². The molecule has 0 rings (SSSR count). The van der Waals surface area contributed by atoms with Crippen LogP contribution in [0.4, 0.5) is 0 Å². The van der Waals surface area contributed by atoms with Crippen LogP contribution in [0.1, 0.15) is 26.7 Å². The van der Waals surface area contributed by atoms with Gasteiger partial charge < -0.3 is 5.32 Å². The number of nitrogens with one attached hydrogen (secondary N) is 1. The summed E-state index contributed by atoms with van der Waals surface area (Å²) in [6, 6.07) is 2.26. The van der Waals surface area contributed by atoms with E-state index in [4.69, 9.17) is 5.26 Å². The van der Waals surface area contributed by atoms with E-state index in [2.05, 4.69) is 18.3 Å². The summed E-state index contributed by atoms with van der Waals surface area (Å²) in [4.78, 5) is 0. The summed E-state index contributed by atoms with van der Waals surface area (Å²) >= 11 is 0. The van der Waals surface area contributed by atoms with Gasteiger partial charge in [-0.2, -0.15) is 5.26 Å². The van der Waals surface area contributed by atoms with E-state index in [-0.39, 0.29) is 6.04 Å². The molecule has 0 aliphatic carbocycles. The van der Waals surface area contributed by atoms with Crippen LogP contribution in [0.3, 0.4) is 0 Å². The molecule has 2 heteroatoms. The van der Waals surface area contributed by atoms with Crippen molar-refractivity contribution in [2.24, 2.45) is 0 Å². The molecule has 0 amide bonds. The third kappa shape index (κ3) is 3.99. The lowest BCUT2D eigenvalue weighted by atomic mass is 10.2. The fourth-order valence-electron chi connectivity index (χ4n) is 0.747. The molecule has 0 aliphatic rings. The van der Waals surface area contributed by atoms with Gasteiger partial charge in [0.15, 0.2) is 0 Å². The van der Waals surface area contributed by atoms with E-state index in [0.717, 1.165) is 19.4 Å². The number of nitrogens with zero attached hydrogens (tertiary/aromatic N) is 1. The van der Waals surface area contributed by atoms with Crippen LogP contribution in [0, 0.1) is 11.3 Å². The summed E-state index contributed by atoms with van der Waals surface area (Å²) in [6.07, 6.45) is 2.04. The zero-order valence-electron chi connectivity index (χ0n) is 6.15. The summed E-state index contributed by atoms with van der Waals surface area (Å²) in [5, 5.41) is 11.5. The van der Waals surface area contributed by atoms with E-state index in [9.17, 15) is 0 Å². The minimum atomic E-state index is 0.0694. The van der Waals surface area contributed by atoms with Gasteiger partial charge in [0.1, 0.15) is 0 Å². The lowest BCUT2D eigenvalue weighted by Gasteiger charge is -2.05. The van der Waals surface area contributed by atoms with Crippen molar-refractivity contribution < 1.29 is 0 Å². The second kappa shape index (κ2) is 5.58. The Kier molecular flexibility index (Phi) is 5.24. The van der Waals surface area contributed by atoms with E-state index in [1.807, 2.05) is 6.92 Å². The smallest absolute Gasteiger partial charge is 0.0952 e. The molecule has 1 N–H and O–H groups in total. The fraction of sp³-hybridized carbons (Fsp3) is 0.857. The van der Waals surface area contributed by atoms with Crippen molar-refractivity contribution in [3.63, 3.8) is 0 Å². The molecular formula is C7H14N2. The van der Waals surface area contributed by atoms with Crippen molar-refractivity contribution in [1.29, 1.82) is 5.26 Å². The Morgan fingerprint density at radius 1 is 1.56 bits per heavy atom. The van der Waals surface area contributed by atoms with Crippen LogP contribution < -0.4 is 5.32 Å². The lowest BCUT2D eigenvalue weighted by Crippen LogP contribution is -2.26. The maximum Gasteiger partial charge on any atom is 0.0952 e. The molecule has 0 radical (unpaired) electrons. The zero-order chi connectivity index (χ0) is 7.11. The van der Waals surface area contributed by atoms with Gasteiger partial charge >= 0.3 is 0 Å². The highest BCUT2D eigenvalue weighted by Crippen LogP contribution is 1.92. The fourth-order valence-corrected chi connectivity index (χ4v) is 0.747. The Balaban J connectivity index is 3.32. The van der Waals surface area contributed by atoms with Crippen LogP contribution >= 0.6 is 0 Å². The Bertz CT molecular complexity index is 87.6. The number of nitriles is 1. The van der Waals surface area contributed by atoms with E-state index >= 15 is 0 Å². The molecule has 0 heterocycles. The first kappa shape index (κ1) is 8.45. The average Bonchev–Trinajstić information content (AvgIpc) is 1.88. The van der Waals surface area contributed by atoms with E-state index < -0.39 is 0 Å². The van der Waals surface area contributed by atoms with Gasteiger partial charge in [-0.15, -0.1) is 0 Å². The van der Waals surface area contributed by atoms with E-state index in [1.54, 1.807) is 0 Å². The summed E-state index contributed by atoms with van der Waals surface area (Å²) in [5.41, 5.74) is 0. The lowest BCUT2D eigenvalue weighted by molar-refractivity contribution is 0.576. The summed E-state index contributed by atoms with van der Waals surface area (Å²) in [7, 11) is 0. The second-order valence-corrected chi connectivity index (χ2v) is 2.03. The number of hydrogen-bond acceptors (Lipinski definition) is 2. The minimum absolute atomic E-state index is 0.0694. The van der Waals surface area contributed by atoms with Crippen LogP contribution in [-0.4, -0.2) is 12.6 Å². The van der Waals surface area contributed by atoms with Crippen LogP contribution in [-0.2, 0) is 0 Å². The Labute approximate surface area is 56.9 Å². The summed E-state index contributed by atoms with van der Waals surface area (Å²) in [5.74, 6) is 0. The van der Waals surface area contributed by atoms with Crippen molar-refractivity contribution in [3.8, 4) is 6.07 Å². The largest absolute Gasteiger partial charge is 0.302 e. The Morgan fingerprint density at radius 2 is 2.22 bits per heavy atom. The topological polar surface area (TPSA) is 35.8 Å². The first-order valence-corrected chi connectivity index (χ1v) is 3.48. The van der Waals surface area contributed by atoms with Crippen molar-refractivity contribution >= 4 is 0 Å². The highest BCUT2D eigenvalue weighted by atomic mass is 14.9. The van der Waals surface area contributed by atoms with Gasteiger partial charge in [0.25, 0.3) is 0 Å². The highest BCUT2D eigenvalue weighted by Gasteiger charge is 2.00. The van der Waals surface area contributed by atoms with Gasteiger partial charge in [-0.1, -0.05) is 20.3 Å². The molecule has 0 spiro atoms. The SMILES string of the molecule is CCCC(C#N)NCC. The van der Waals surface area contributed by atoms with Gasteiger partial charge in [-0.25, -0.2) is 0 Å². The average molecular weight is 126 g/mol. The molecule has 1 atom stereocenters. The molecule has 0 aliphatic heterocycles. The first-order valence-electron chi connectivity index (χ1n) is 3.48. The minimum Gasteiger partial charge on any atom is -0.302 e. The zero-order valence-corrected chi connectivity index (χ0v) is 6.15. The van der Waals surface area contributed by atoms with Gasteiger partial charge in [-0.05, 0) is 13.0 Å². The number of rotatable bonds is 4. The molecule has 52 valence electrons. The molecule has 0 saturated heterocycles. The maximum atomic E-state index is 8.48. The Hall–Kier alpha value is -0.550. The number of hydrogen-bond donors (Lipinski definition) is 1. The molecule has 0 aromatic heterocycles. The van der Waals surface area contributed by atoms with Crippen molar-refractivity contribution in [3.05, 3.63) is 0 Å². The normalized spacial score (nSPS) is 12.6.